The SMILES string of the molecule is CC(C)[C@@H](NC(=O)C1CCN(CCc2cccc(OCCO)c2)CC1)c1ccc(F)cc1. The van der Waals surface area contributed by atoms with E-state index in [1.165, 1.54) is 17.7 Å². The number of hydrogen-bond acceptors (Lipinski definition) is 4. The van der Waals surface area contributed by atoms with Crippen LogP contribution in [0.4, 0.5) is 4.39 Å². The molecule has 2 aromatic carbocycles. The second-order valence-electron chi connectivity index (χ2n) is 8.87. The number of likely N-dealkylation sites (tertiary alicyclic amines) is 1. The molecule has 2 N–H and O–H groups in total. The summed E-state index contributed by atoms with van der Waals surface area (Å²) in [5, 5.41) is 12.1. The third kappa shape index (κ3) is 7.04. The van der Waals surface area contributed by atoms with Gasteiger partial charge in [0.2, 0.25) is 5.91 Å². The van der Waals surface area contributed by atoms with Crippen molar-refractivity contribution < 1.29 is 19.0 Å². The van der Waals surface area contributed by atoms with Gasteiger partial charge in [0.1, 0.15) is 18.2 Å². The minimum atomic E-state index is -0.264. The quantitative estimate of drug-likeness (QED) is 0.585. The van der Waals surface area contributed by atoms with Crippen LogP contribution in [0.3, 0.4) is 0 Å². The molecule has 1 aliphatic heterocycles. The summed E-state index contributed by atoms with van der Waals surface area (Å²) < 4.78 is 18.8. The Morgan fingerprint density at radius 3 is 2.56 bits per heavy atom. The number of nitrogens with zero attached hydrogens (tertiary/aromatic N) is 1. The molecule has 174 valence electrons. The Labute approximate surface area is 190 Å². The first kappa shape index (κ1) is 24.2. The predicted molar refractivity (Wildman–Crippen MR) is 124 cm³/mol. The fourth-order valence-corrected chi connectivity index (χ4v) is 4.24. The zero-order valence-corrected chi connectivity index (χ0v) is 19.1. The predicted octanol–water partition coefficient (Wildman–Crippen LogP) is 3.96. The summed E-state index contributed by atoms with van der Waals surface area (Å²) in [6.07, 6.45) is 2.62. The number of ether oxygens (including phenoxy) is 1. The van der Waals surface area contributed by atoms with Gasteiger partial charge in [-0.25, -0.2) is 4.39 Å². The molecule has 1 fully saturated rings. The van der Waals surface area contributed by atoms with E-state index in [-0.39, 0.29) is 36.2 Å². The molecule has 5 nitrogen and oxygen atoms in total. The average Bonchev–Trinajstić information content (AvgIpc) is 2.81. The van der Waals surface area contributed by atoms with Crippen molar-refractivity contribution in [3.63, 3.8) is 0 Å². The Balaban J connectivity index is 1.46. The largest absolute Gasteiger partial charge is 0.491 e. The molecule has 0 aromatic heterocycles. The molecule has 1 aliphatic rings. The van der Waals surface area contributed by atoms with E-state index in [1.807, 2.05) is 18.2 Å². The molecule has 3 rings (SSSR count). The number of benzene rings is 2. The van der Waals surface area contributed by atoms with Gasteiger partial charge in [-0.05, 0) is 73.7 Å². The summed E-state index contributed by atoms with van der Waals surface area (Å²) >= 11 is 0. The molecule has 1 heterocycles. The number of halogens is 1. The Hall–Kier alpha value is -2.44. The number of hydrogen-bond donors (Lipinski definition) is 2. The van der Waals surface area contributed by atoms with Crippen LogP contribution in [0, 0.1) is 17.7 Å². The highest BCUT2D eigenvalue weighted by Gasteiger charge is 2.27. The van der Waals surface area contributed by atoms with Gasteiger partial charge in [-0.3, -0.25) is 4.79 Å². The maximum absolute atomic E-state index is 13.3. The van der Waals surface area contributed by atoms with E-state index in [0.717, 1.165) is 50.2 Å². The summed E-state index contributed by atoms with van der Waals surface area (Å²) in [5.74, 6) is 0.860. The fourth-order valence-electron chi connectivity index (χ4n) is 4.24. The van der Waals surface area contributed by atoms with E-state index in [0.29, 0.717) is 6.61 Å². The van der Waals surface area contributed by atoms with Crippen molar-refractivity contribution in [1.29, 1.82) is 0 Å². The highest BCUT2D eigenvalue weighted by molar-refractivity contribution is 5.79. The molecule has 0 aliphatic carbocycles. The van der Waals surface area contributed by atoms with Crippen LogP contribution in [0.25, 0.3) is 0 Å². The zero-order valence-electron chi connectivity index (χ0n) is 19.1. The van der Waals surface area contributed by atoms with Gasteiger partial charge in [0, 0.05) is 12.5 Å². The summed E-state index contributed by atoms with van der Waals surface area (Å²) in [5.41, 5.74) is 2.15. The van der Waals surface area contributed by atoms with Crippen LogP contribution in [0.15, 0.2) is 48.5 Å². The molecule has 2 aromatic rings. The van der Waals surface area contributed by atoms with E-state index < -0.39 is 0 Å². The van der Waals surface area contributed by atoms with E-state index in [4.69, 9.17) is 9.84 Å². The third-order valence-electron chi connectivity index (χ3n) is 6.13. The lowest BCUT2D eigenvalue weighted by Crippen LogP contribution is -2.42. The van der Waals surface area contributed by atoms with Crippen molar-refractivity contribution in [2.45, 2.75) is 39.2 Å². The molecule has 0 spiro atoms. The van der Waals surface area contributed by atoms with Gasteiger partial charge >= 0.3 is 0 Å². The molecule has 0 bridgehead atoms. The number of rotatable bonds is 10. The van der Waals surface area contributed by atoms with Crippen LogP contribution in [0.1, 0.15) is 43.9 Å². The van der Waals surface area contributed by atoms with E-state index in [1.54, 1.807) is 12.1 Å². The molecule has 1 atom stereocenters. The Morgan fingerprint density at radius 1 is 1.19 bits per heavy atom. The monoisotopic (exact) mass is 442 g/mol. The van der Waals surface area contributed by atoms with Crippen LogP contribution >= 0.6 is 0 Å². The first-order valence-corrected chi connectivity index (χ1v) is 11.6. The maximum Gasteiger partial charge on any atom is 0.223 e. The van der Waals surface area contributed by atoms with Crippen LogP contribution < -0.4 is 10.1 Å². The minimum absolute atomic E-state index is 0.00850. The standard InChI is InChI=1S/C26H35FN2O3/c1-19(2)25(21-6-8-23(27)9-7-21)28-26(31)22-11-14-29(15-12-22)13-10-20-4-3-5-24(18-20)32-17-16-30/h3-9,18-19,22,25,30H,10-17H2,1-2H3,(H,28,31)/t25-/m1/s1. The fraction of sp³-hybridized carbons (Fsp3) is 0.500. The smallest absolute Gasteiger partial charge is 0.223 e. The van der Waals surface area contributed by atoms with Gasteiger partial charge in [-0.15, -0.1) is 0 Å². The van der Waals surface area contributed by atoms with Crippen molar-refractivity contribution in [3.8, 4) is 5.75 Å². The second kappa shape index (κ2) is 12.0. The number of carbonyl (C=O) groups is 1. The van der Waals surface area contributed by atoms with E-state index in [9.17, 15) is 9.18 Å². The van der Waals surface area contributed by atoms with Crippen LogP contribution in [-0.2, 0) is 11.2 Å². The number of piperidine rings is 1. The number of aliphatic hydroxyl groups excluding tert-OH is 1. The number of carbonyl (C=O) groups excluding carboxylic acids is 1. The molecule has 1 saturated heterocycles. The van der Waals surface area contributed by atoms with Gasteiger partial charge in [-0.2, -0.15) is 0 Å². The lowest BCUT2D eigenvalue weighted by molar-refractivity contribution is -0.127. The summed E-state index contributed by atoms with van der Waals surface area (Å²) in [6.45, 7) is 7.21. The molecule has 6 heteroatoms. The van der Waals surface area contributed by atoms with E-state index in [2.05, 4.69) is 30.1 Å². The number of nitrogens with one attached hydrogen (secondary N) is 1. The molecule has 32 heavy (non-hydrogen) atoms. The van der Waals surface area contributed by atoms with Crippen molar-refractivity contribution in [3.05, 3.63) is 65.5 Å². The third-order valence-corrected chi connectivity index (χ3v) is 6.13. The first-order valence-electron chi connectivity index (χ1n) is 11.6. The summed E-state index contributed by atoms with van der Waals surface area (Å²) in [7, 11) is 0. The first-order chi connectivity index (χ1) is 15.5. The van der Waals surface area contributed by atoms with Gasteiger partial charge in [0.25, 0.3) is 0 Å². The lowest BCUT2D eigenvalue weighted by atomic mass is 9.92. The Kier molecular flexibility index (Phi) is 9.06. The van der Waals surface area contributed by atoms with Crippen LogP contribution in [0.5, 0.6) is 5.75 Å². The van der Waals surface area contributed by atoms with Crippen LogP contribution in [-0.4, -0.2) is 48.8 Å². The van der Waals surface area contributed by atoms with Crippen LogP contribution in [0.2, 0.25) is 0 Å². The number of aliphatic hydroxyl groups is 1. The Morgan fingerprint density at radius 2 is 1.91 bits per heavy atom. The van der Waals surface area contributed by atoms with Gasteiger partial charge in [-0.1, -0.05) is 38.1 Å². The summed E-state index contributed by atoms with van der Waals surface area (Å²) in [6, 6.07) is 14.3. The van der Waals surface area contributed by atoms with Crippen molar-refractivity contribution in [2.75, 3.05) is 32.8 Å². The highest BCUT2D eigenvalue weighted by atomic mass is 19.1. The molecule has 0 unspecified atom stereocenters. The second-order valence-corrected chi connectivity index (χ2v) is 8.87. The lowest BCUT2D eigenvalue weighted by Gasteiger charge is -2.33. The van der Waals surface area contributed by atoms with E-state index >= 15 is 0 Å². The molecular weight excluding hydrogens is 407 g/mol. The molecule has 0 saturated carbocycles. The van der Waals surface area contributed by atoms with Gasteiger partial charge in [0.05, 0.1) is 12.6 Å². The molecule has 1 amide bonds. The molecular formula is C26H35FN2O3. The topological polar surface area (TPSA) is 61.8 Å². The average molecular weight is 443 g/mol. The maximum atomic E-state index is 13.3. The normalized spacial score (nSPS) is 16.2. The van der Waals surface area contributed by atoms with Crippen molar-refractivity contribution >= 4 is 5.91 Å². The number of amides is 1. The van der Waals surface area contributed by atoms with Gasteiger partial charge in [0.15, 0.2) is 0 Å². The summed E-state index contributed by atoms with van der Waals surface area (Å²) in [4.78, 5) is 15.3. The van der Waals surface area contributed by atoms with Crippen molar-refractivity contribution in [1.82, 2.24) is 10.2 Å². The van der Waals surface area contributed by atoms with Gasteiger partial charge < -0.3 is 20.1 Å². The minimum Gasteiger partial charge on any atom is -0.491 e. The molecule has 0 radical (unpaired) electrons. The van der Waals surface area contributed by atoms with Crippen molar-refractivity contribution in [2.24, 2.45) is 11.8 Å². The Bertz CT molecular complexity index is 848. The highest BCUT2D eigenvalue weighted by Crippen LogP contribution is 2.25. The zero-order chi connectivity index (χ0) is 22.9.